The number of phenols is 1. The molecule has 0 spiro atoms. The third kappa shape index (κ3) is 5.47. The smallest absolute Gasteiger partial charge is 0.115 e. The molecule has 1 atom stereocenters. The molecule has 3 aromatic rings. The van der Waals surface area contributed by atoms with E-state index in [2.05, 4.69) is 43.3 Å². The number of hydrogen-bond acceptors (Lipinski definition) is 2. The van der Waals surface area contributed by atoms with Gasteiger partial charge in [0.2, 0.25) is 0 Å². The molecular formula is C24H26O2. The van der Waals surface area contributed by atoms with Crippen molar-refractivity contribution in [3.63, 3.8) is 0 Å². The third-order valence-corrected chi connectivity index (χ3v) is 4.61. The summed E-state index contributed by atoms with van der Waals surface area (Å²) < 4.78 is 5.93. The molecule has 134 valence electrons. The van der Waals surface area contributed by atoms with Crippen molar-refractivity contribution in [1.82, 2.24) is 0 Å². The van der Waals surface area contributed by atoms with E-state index in [1.54, 1.807) is 12.1 Å². The van der Waals surface area contributed by atoms with Crippen LogP contribution in [-0.4, -0.2) is 11.2 Å². The molecule has 0 aliphatic carbocycles. The van der Waals surface area contributed by atoms with Crippen LogP contribution in [0.1, 0.15) is 30.9 Å². The summed E-state index contributed by atoms with van der Waals surface area (Å²) >= 11 is 0. The Kier molecular flexibility index (Phi) is 6.45. The fourth-order valence-electron chi connectivity index (χ4n) is 3.01. The number of aryl methyl sites for hydroxylation is 1. The molecule has 0 fully saturated rings. The summed E-state index contributed by atoms with van der Waals surface area (Å²) in [6, 6.07) is 26.3. The molecule has 1 N–H and O–H groups in total. The van der Waals surface area contributed by atoms with Crippen molar-refractivity contribution < 1.29 is 9.84 Å². The van der Waals surface area contributed by atoms with Gasteiger partial charge in [0.1, 0.15) is 5.75 Å². The Morgan fingerprint density at radius 1 is 0.769 bits per heavy atom. The van der Waals surface area contributed by atoms with E-state index in [4.69, 9.17) is 4.74 Å². The molecular weight excluding hydrogens is 320 g/mol. The van der Waals surface area contributed by atoms with E-state index < -0.39 is 0 Å². The van der Waals surface area contributed by atoms with Crippen LogP contribution in [0.3, 0.4) is 0 Å². The summed E-state index contributed by atoms with van der Waals surface area (Å²) in [5.74, 6) is 0.300. The second-order valence-corrected chi connectivity index (χ2v) is 6.74. The van der Waals surface area contributed by atoms with Gasteiger partial charge in [-0.15, -0.1) is 0 Å². The van der Waals surface area contributed by atoms with Crippen LogP contribution in [-0.2, 0) is 17.8 Å². The van der Waals surface area contributed by atoms with Gasteiger partial charge in [0.05, 0.1) is 12.7 Å². The van der Waals surface area contributed by atoms with Gasteiger partial charge in [0.15, 0.2) is 0 Å². The first-order chi connectivity index (χ1) is 12.7. The average Bonchev–Trinajstić information content (AvgIpc) is 2.68. The summed E-state index contributed by atoms with van der Waals surface area (Å²) in [5, 5.41) is 9.38. The van der Waals surface area contributed by atoms with E-state index in [-0.39, 0.29) is 6.10 Å². The number of aromatic hydroxyl groups is 1. The van der Waals surface area contributed by atoms with Crippen LogP contribution >= 0.6 is 0 Å². The van der Waals surface area contributed by atoms with Crippen molar-refractivity contribution in [2.24, 2.45) is 0 Å². The highest BCUT2D eigenvalue weighted by Crippen LogP contribution is 2.22. The largest absolute Gasteiger partial charge is 0.508 e. The van der Waals surface area contributed by atoms with Crippen molar-refractivity contribution >= 4 is 0 Å². The Morgan fingerprint density at radius 3 is 2.04 bits per heavy atom. The van der Waals surface area contributed by atoms with E-state index in [0.29, 0.717) is 12.4 Å². The molecule has 1 unspecified atom stereocenters. The van der Waals surface area contributed by atoms with E-state index in [1.165, 1.54) is 16.7 Å². The molecule has 2 heteroatoms. The lowest BCUT2D eigenvalue weighted by molar-refractivity contribution is 0.0464. The summed E-state index contributed by atoms with van der Waals surface area (Å²) in [7, 11) is 0. The Bertz CT molecular complexity index is 777. The summed E-state index contributed by atoms with van der Waals surface area (Å²) in [5.41, 5.74) is 4.87. The van der Waals surface area contributed by atoms with Gasteiger partial charge in [0, 0.05) is 0 Å². The number of phenolic OH excluding ortho intramolecular Hbond substituents is 1. The first-order valence-electron chi connectivity index (χ1n) is 9.24. The van der Waals surface area contributed by atoms with Gasteiger partial charge in [-0.1, -0.05) is 66.7 Å². The molecule has 3 aromatic carbocycles. The zero-order valence-corrected chi connectivity index (χ0v) is 15.3. The van der Waals surface area contributed by atoms with Gasteiger partial charge < -0.3 is 9.84 Å². The lowest BCUT2D eigenvalue weighted by atomic mass is 10.0. The predicted octanol–water partition coefficient (Wildman–Crippen LogP) is 5.99. The van der Waals surface area contributed by atoms with E-state index >= 15 is 0 Å². The second kappa shape index (κ2) is 9.21. The molecule has 0 aromatic heterocycles. The lowest BCUT2D eigenvalue weighted by Gasteiger charge is -2.13. The minimum Gasteiger partial charge on any atom is -0.508 e. The molecule has 0 aliphatic heterocycles. The molecule has 0 bridgehead atoms. The molecule has 0 amide bonds. The highest BCUT2D eigenvalue weighted by molar-refractivity contribution is 5.64. The van der Waals surface area contributed by atoms with Crippen LogP contribution in [0.25, 0.3) is 11.1 Å². The van der Waals surface area contributed by atoms with Crippen LogP contribution in [0.15, 0.2) is 78.9 Å². The van der Waals surface area contributed by atoms with Crippen molar-refractivity contribution in [1.29, 1.82) is 0 Å². The Balaban J connectivity index is 1.42. The van der Waals surface area contributed by atoms with Crippen LogP contribution in [0.2, 0.25) is 0 Å². The van der Waals surface area contributed by atoms with Crippen molar-refractivity contribution in [2.75, 3.05) is 0 Å². The second-order valence-electron chi connectivity index (χ2n) is 6.74. The number of benzene rings is 3. The Labute approximate surface area is 156 Å². The number of ether oxygens (including phenoxy) is 1. The zero-order chi connectivity index (χ0) is 18.2. The van der Waals surface area contributed by atoms with Crippen molar-refractivity contribution in [3.8, 4) is 16.9 Å². The molecule has 0 saturated carbocycles. The fourth-order valence-corrected chi connectivity index (χ4v) is 3.01. The average molecular weight is 346 g/mol. The van der Waals surface area contributed by atoms with Crippen LogP contribution in [0.4, 0.5) is 0 Å². The van der Waals surface area contributed by atoms with Crippen molar-refractivity contribution in [2.45, 2.75) is 38.9 Å². The maximum absolute atomic E-state index is 9.38. The molecule has 0 aliphatic rings. The fraction of sp³-hybridized carbons (Fsp3) is 0.250. The summed E-state index contributed by atoms with van der Waals surface area (Å²) in [6.45, 7) is 2.83. The van der Waals surface area contributed by atoms with Crippen molar-refractivity contribution in [3.05, 3.63) is 90.0 Å². The third-order valence-electron chi connectivity index (χ3n) is 4.61. The van der Waals surface area contributed by atoms with E-state index in [0.717, 1.165) is 24.8 Å². The zero-order valence-electron chi connectivity index (χ0n) is 15.3. The molecule has 26 heavy (non-hydrogen) atoms. The molecule has 3 rings (SSSR count). The summed E-state index contributed by atoms with van der Waals surface area (Å²) in [6.07, 6.45) is 3.52. The van der Waals surface area contributed by atoms with Crippen LogP contribution in [0, 0.1) is 0 Å². The molecule has 0 radical (unpaired) electrons. The van der Waals surface area contributed by atoms with Gasteiger partial charge in [0.25, 0.3) is 0 Å². The van der Waals surface area contributed by atoms with E-state index in [9.17, 15) is 5.11 Å². The lowest BCUT2D eigenvalue weighted by Crippen LogP contribution is -2.08. The summed E-state index contributed by atoms with van der Waals surface area (Å²) in [4.78, 5) is 0. The SMILES string of the molecule is CC(CCCc1ccc(-c2ccc(O)cc2)cc1)OCc1ccccc1. The Morgan fingerprint density at radius 2 is 1.38 bits per heavy atom. The maximum Gasteiger partial charge on any atom is 0.115 e. The Hall–Kier alpha value is -2.58. The molecule has 2 nitrogen and oxygen atoms in total. The van der Waals surface area contributed by atoms with Gasteiger partial charge >= 0.3 is 0 Å². The van der Waals surface area contributed by atoms with Crippen LogP contribution in [0.5, 0.6) is 5.75 Å². The highest BCUT2D eigenvalue weighted by atomic mass is 16.5. The van der Waals surface area contributed by atoms with E-state index in [1.807, 2.05) is 30.3 Å². The molecule has 0 saturated heterocycles. The van der Waals surface area contributed by atoms with Crippen LogP contribution < -0.4 is 0 Å². The predicted molar refractivity (Wildman–Crippen MR) is 107 cm³/mol. The standard InChI is InChI=1S/C24H26O2/c1-19(26-18-21-7-3-2-4-8-21)6-5-9-20-10-12-22(13-11-20)23-14-16-24(25)17-15-23/h2-4,7-8,10-17,19,25H,5-6,9,18H2,1H3. The highest BCUT2D eigenvalue weighted by Gasteiger charge is 2.04. The first kappa shape index (κ1) is 18.2. The van der Waals surface area contributed by atoms with Gasteiger partial charge in [-0.05, 0) is 60.6 Å². The van der Waals surface area contributed by atoms with Gasteiger partial charge in [-0.25, -0.2) is 0 Å². The monoisotopic (exact) mass is 346 g/mol. The minimum absolute atomic E-state index is 0.270. The van der Waals surface area contributed by atoms with Gasteiger partial charge in [-0.3, -0.25) is 0 Å². The minimum atomic E-state index is 0.270. The quantitative estimate of drug-likeness (QED) is 0.543. The number of rotatable bonds is 8. The topological polar surface area (TPSA) is 29.5 Å². The van der Waals surface area contributed by atoms with Gasteiger partial charge in [-0.2, -0.15) is 0 Å². The maximum atomic E-state index is 9.38. The molecule has 0 heterocycles. The first-order valence-corrected chi connectivity index (χ1v) is 9.24. The number of hydrogen-bond donors (Lipinski definition) is 1. The normalized spacial score (nSPS) is 12.0.